The summed E-state index contributed by atoms with van der Waals surface area (Å²) in [6, 6.07) is 10.3. The van der Waals surface area contributed by atoms with E-state index in [0.717, 1.165) is 12.0 Å². The maximum Gasteiger partial charge on any atom is 0.272 e. The molecule has 2 heterocycles. The number of hydrogen-bond acceptors (Lipinski definition) is 3. The van der Waals surface area contributed by atoms with Crippen molar-refractivity contribution in [3.63, 3.8) is 0 Å². The van der Waals surface area contributed by atoms with Crippen LogP contribution in [0.4, 0.5) is 0 Å². The lowest BCUT2D eigenvalue weighted by atomic mass is 10.0. The van der Waals surface area contributed by atoms with Crippen LogP contribution < -0.4 is 0 Å². The fourth-order valence-electron chi connectivity index (χ4n) is 2.68. The van der Waals surface area contributed by atoms with Crippen LogP contribution in [0.25, 0.3) is 0 Å². The largest absolute Gasteiger partial charge is 0.377 e. The van der Waals surface area contributed by atoms with E-state index in [1.807, 2.05) is 30.0 Å². The normalized spacial score (nSPS) is 18.7. The summed E-state index contributed by atoms with van der Waals surface area (Å²) in [5, 5.41) is 6.75. The maximum atomic E-state index is 12.7. The van der Waals surface area contributed by atoms with Gasteiger partial charge < -0.3 is 9.64 Å². The van der Waals surface area contributed by atoms with E-state index in [9.17, 15) is 4.79 Å². The number of nitrogens with one attached hydrogen (secondary N) is 1. The van der Waals surface area contributed by atoms with Gasteiger partial charge in [0, 0.05) is 6.54 Å². The molecular weight excluding hydrogens is 266 g/mol. The van der Waals surface area contributed by atoms with Gasteiger partial charge in [-0.15, -0.1) is 0 Å². The molecular formula is C16H19N3O2. The molecule has 21 heavy (non-hydrogen) atoms. The van der Waals surface area contributed by atoms with Crippen molar-refractivity contribution in [2.45, 2.75) is 19.4 Å². The van der Waals surface area contributed by atoms with Crippen LogP contribution >= 0.6 is 0 Å². The summed E-state index contributed by atoms with van der Waals surface area (Å²) in [6.45, 7) is 3.68. The number of aromatic nitrogens is 2. The zero-order valence-corrected chi connectivity index (χ0v) is 12.1. The predicted octanol–water partition coefficient (Wildman–Crippen LogP) is 1.80. The molecule has 1 N–H and O–H groups in total. The van der Waals surface area contributed by atoms with Gasteiger partial charge in [0.05, 0.1) is 25.5 Å². The molecule has 110 valence electrons. The third kappa shape index (κ3) is 2.97. The van der Waals surface area contributed by atoms with E-state index in [-0.39, 0.29) is 11.9 Å². The minimum atomic E-state index is 0.00855. The first kappa shape index (κ1) is 13.8. The summed E-state index contributed by atoms with van der Waals surface area (Å²) in [5.74, 6) is 0.00855. The van der Waals surface area contributed by atoms with Crippen LogP contribution in [0.2, 0.25) is 0 Å². The highest BCUT2D eigenvalue weighted by atomic mass is 16.5. The Morgan fingerprint density at radius 3 is 2.95 bits per heavy atom. The molecule has 1 aromatic carbocycles. The number of nitrogens with zero attached hydrogens (tertiary/aromatic N) is 2. The van der Waals surface area contributed by atoms with Gasteiger partial charge in [0.2, 0.25) is 0 Å². The number of aromatic amines is 1. The fraction of sp³-hybridized carbons (Fsp3) is 0.375. The van der Waals surface area contributed by atoms with E-state index in [1.54, 1.807) is 6.20 Å². The Balaban J connectivity index is 1.78. The third-order valence-electron chi connectivity index (χ3n) is 3.85. The van der Waals surface area contributed by atoms with E-state index in [4.69, 9.17) is 4.74 Å². The summed E-state index contributed by atoms with van der Waals surface area (Å²) in [4.78, 5) is 14.6. The Morgan fingerprint density at radius 2 is 2.24 bits per heavy atom. The minimum absolute atomic E-state index is 0.00855. The average molecular weight is 285 g/mol. The highest BCUT2D eigenvalue weighted by Crippen LogP contribution is 2.17. The van der Waals surface area contributed by atoms with E-state index in [1.165, 1.54) is 5.56 Å². The van der Waals surface area contributed by atoms with Crippen LogP contribution in [-0.4, -0.2) is 46.8 Å². The molecule has 1 saturated heterocycles. The van der Waals surface area contributed by atoms with Crippen molar-refractivity contribution in [1.82, 2.24) is 15.1 Å². The molecule has 0 spiro atoms. The van der Waals surface area contributed by atoms with Crippen molar-refractivity contribution in [1.29, 1.82) is 0 Å². The molecule has 5 heteroatoms. The minimum Gasteiger partial charge on any atom is -0.377 e. The number of amides is 1. The molecule has 1 fully saturated rings. The standard InChI is InChI=1S/C16H19N3O2/c1-12-10-17-18-15(12)16(20)19-7-8-21-11-14(19)9-13-5-3-2-4-6-13/h2-6,10,14H,7-9,11H2,1H3,(H,17,18). The van der Waals surface area contributed by atoms with Crippen LogP contribution in [-0.2, 0) is 11.2 Å². The molecule has 3 rings (SSSR count). The van der Waals surface area contributed by atoms with Crippen molar-refractivity contribution in [3.8, 4) is 0 Å². The first-order valence-electron chi connectivity index (χ1n) is 7.18. The lowest BCUT2D eigenvalue weighted by molar-refractivity contribution is -0.00199. The molecule has 1 unspecified atom stereocenters. The molecule has 2 aromatic rings. The molecule has 1 aliphatic heterocycles. The molecule has 0 aliphatic carbocycles. The summed E-state index contributed by atoms with van der Waals surface area (Å²) in [6.07, 6.45) is 2.49. The second-order valence-electron chi connectivity index (χ2n) is 5.35. The van der Waals surface area contributed by atoms with Gasteiger partial charge in [-0.25, -0.2) is 0 Å². The molecule has 5 nitrogen and oxygen atoms in total. The fourth-order valence-corrected chi connectivity index (χ4v) is 2.68. The molecule has 0 saturated carbocycles. The Bertz CT molecular complexity index is 609. The van der Waals surface area contributed by atoms with Crippen LogP contribution in [0.5, 0.6) is 0 Å². The van der Waals surface area contributed by atoms with Crippen molar-refractivity contribution >= 4 is 5.91 Å². The number of benzene rings is 1. The van der Waals surface area contributed by atoms with Gasteiger partial charge in [-0.3, -0.25) is 9.89 Å². The first-order valence-corrected chi connectivity index (χ1v) is 7.18. The van der Waals surface area contributed by atoms with E-state index >= 15 is 0 Å². The predicted molar refractivity (Wildman–Crippen MR) is 79.1 cm³/mol. The van der Waals surface area contributed by atoms with Crippen molar-refractivity contribution in [3.05, 3.63) is 53.3 Å². The Labute approximate surface area is 123 Å². The molecule has 0 bridgehead atoms. The number of ether oxygens (including phenoxy) is 1. The molecule has 1 aromatic heterocycles. The number of H-pyrrole nitrogens is 1. The second-order valence-corrected chi connectivity index (χ2v) is 5.35. The van der Waals surface area contributed by atoms with E-state index < -0.39 is 0 Å². The van der Waals surface area contributed by atoms with Gasteiger partial charge >= 0.3 is 0 Å². The Hall–Kier alpha value is -2.14. The number of aryl methyl sites for hydroxylation is 1. The number of morpholine rings is 1. The molecule has 1 amide bonds. The summed E-state index contributed by atoms with van der Waals surface area (Å²) >= 11 is 0. The Morgan fingerprint density at radius 1 is 1.43 bits per heavy atom. The quantitative estimate of drug-likeness (QED) is 0.935. The number of rotatable bonds is 3. The SMILES string of the molecule is Cc1cn[nH]c1C(=O)N1CCOCC1Cc1ccccc1. The highest BCUT2D eigenvalue weighted by Gasteiger charge is 2.29. The van der Waals surface area contributed by atoms with Gasteiger partial charge in [-0.1, -0.05) is 30.3 Å². The van der Waals surface area contributed by atoms with Crippen LogP contribution in [0.3, 0.4) is 0 Å². The highest BCUT2D eigenvalue weighted by molar-refractivity contribution is 5.93. The molecule has 0 radical (unpaired) electrons. The molecule has 1 atom stereocenters. The van der Waals surface area contributed by atoms with E-state index in [2.05, 4.69) is 22.3 Å². The first-order chi connectivity index (χ1) is 10.3. The lowest BCUT2D eigenvalue weighted by Gasteiger charge is -2.35. The number of hydrogen-bond donors (Lipinski definition) is 1. The number of carbonyl (C=O) groups excluding carboxylic acids is 1. The molecule has 1 aliphatic rings. The smallest absolute Gasteiger partial charge is 0.272 e. The van der Waals surface area contributed by atoms with Gasteiger partial charge in [0.25, 0.3) is 5.91 Å². The topological polar surface area (TPSA) is 58.2 Å². The summed E-state index contributed by atoms with van der Waals surface area (Å²) < 4.78 is 5.56. The third-order valence-corrected chi connectivity index (χ3v) is 3.85. The van der Waals surface area contributed by atoms with Crippen LogP contribution in [0.15, 0.2) is 36.5 Å². The van der Waals surface area contributed by atoms with Gasteiger partial charge in [-0.2, -0.15) is 5.10 Å². The number of carbonyl (C=O) groups is 1. The van der Waals surface area contributed by atoms with Crippen molar-refractivity contribution in [2.24, 2.45) is 0 Å². The average Bonchev–Trinajstić information content (AvgIpc) is 2.94. The van der Waals surface area contributed by atoms with Crippen molar-refractivity contribution in [2.75, 3.05) is 19.8 Å². The van der Waals surface area contributed by atoms with Crippen LogP contribution in [0.1, 0.15) is 21.6 Å². The van der Waals surface area contributed by atoms with Gasteiger partial charge in [0.15, 0.2) is 0 Å². The van der Waals surface area contributed by atoms with Crippen molar-refractivity contribution < 1.29 is 9.53 Å². The monoisotopic (exact) mass is 285 g/mol. The zero-order chi connectivity index (χ0) is 14.7. The summed E-state index contributed by atoms with van der Waals surface area (Å²) in [5.41, 5.74) is 2.67. The maximum absolute atomic E-state index is 12.7. The summed E-state index contributed by atoms with van der Waals surface area (Å²) in [7, 11) is 0. The second kappa shape index (κ2) is 6.10. The zero-order valence-electron chi connectivity index (χ0n) is 12.1. The van der Waals surface area contributed by atoms with Crippen LogP contribution in [0, 0.1) is 6.92 Å². The van der Waals surface area contributed by atoms with Gasteiger partial charge in [0.1, 0.15) is 5.69 Å². The lowest BCUT2D eigenvalue weighted by Crippen LogP contribution is -2.50. The van der Waals surface area contributed by atoms with E-state index in [0.29, 0.717) is 25.5 Å². The van der Waals surface area contributed by atoms with Gasteiger partial charge in [-0.05, 0) is 24.5 Å². The Kier molecular flexibility index (Phi) is 4.01.